The number of aryl methyl sites for hydroxylation is 1. The number of carbonyl (C=O) groups is 2. The number of aromatic nitrogens is 1. The van der Waals surface area contributed by atoms with Crippen molar-refractivity contribution in [1.29, 1.82) is 5.26 Å². The van der Waals surface area contributed by atoms with Gasteiger partial charge >= 0.3 is 0 Å². The third kappa shape index (κ3) is 3.52. The van der Waals surface area contributed by atoms with Crippen molar-refractivity contribution in [3.63, 3.8) is 0 Å². The molecule has 3 aromatic rings. The van der Waals surface area contributed by atoms with Crippen molar-refractivity contribution in [2.75, 3.05) is 0 Å². The van der Waals surface area contributed by atoms with E-state index in [2.05, 4.69) is 10.2 Å². The molecule has 0 bridgehead atoms. The second kappa shape index (κ2) is 8.87. The van der Waals surface area contributed by atoms with Gasteiger partial charge in [0.1, 0.15) is 17.3 Å². The van der Waals surface area contributed by atoms with Gasteiger partial charge in [-0.2, -0.15) is 5.26 Å². The van der Waals surface area contributed by atoms with Gasteiger partial charge in [0.05, 0.1) is 5.56 Å². The highest BCUT2D eigenvalue weighted by atomic mass is 16.3. The van der Waals surface area contributed by atoms with E-state index in [0.717, 1.165) is 11.0 Å². The highest BCUT2D eigenvalue weighted by Gasteiger charge is 2.32. The first-order valence-corrected chi connectivity index (χ1v) is 10.9. The smallest absolute Gasteiger partial charge is 0.271 e. The lowest BCUT2D eigenvalue weighted by molar-refractivity contribution is 0.0979. The first kappa shape index (κ1) is 22.8. The van der Waals surface area contributed by atoms with Crippen molar-refractivity contribution in [2.24, 2.45) is 10.2 Å². The molecular weight excluding hydrogens is 432 g/mol. The summed E-state index contributed by atoms with van der Waals surface area (Å²) in [4.78, 5) is 39.0. The monoisotopic (exact) mass is 454 g/mol. The lowest BCUT2D eigenvalue weighted by Crippen LogP contribution is -2.24. The molecule has 2 aromatic carbocycles. The molecule has 0 unspecified atom stereocenters. The minimum atomic E-state index is -0.587. The topological polar surface area (TPSA) is 125 Å². The summed E-state index contributed by atoms with van der Waals surface area (Å²) in [5.74, 6) is -1.01. The van der Waals surface area contributed by atoms with Gasteiger partial charge in [-0.3, -0.25) is 19.0 Å². The summed E-state index contributed by atoms with van der Waals surface area (Å²) >= 11 is 0. The molecule has 0 atom stereocenters. The van der Waals surface area contributed by atoms with Crippen molar-refractivity contribution < 1.29 is 14.7 Å². The highest BCUT2D eigenvalue weighted by molar-refractivity contribution is 6.30. The molecule has 0 aliphatic heterocycles. The fourth-order valence-corrected chi connectivity index (χ4v) is 4.08. The van der Waals surface area contributed by atoms with Gasteiger partial charge in [-0.05, 0) is 31.9 Å². The van der Waals surface area contributed by atoms with Crippen LogP contribution in [0.15, 0.2) is 51.4 Å². The summed E-state index contributed by atoms with van der Waals surface area (Å²) in [5.41, 5.74) is 1.26. The van der Waals surface area contributed by atoms with Crippen LogP contribution in [-0.4, -0.2) is 21.2 Å². The molecule has 0 radical (unpaired) electrons. The Morgan fingerprint density at radius 1 is 0.941 bits per heavy atom. The molecule has 4 rings (SSSR count). The maximum absolute atomic E-state index is 13.3. The number of rotatable bonds is 5. The van der Waals surface area contributed by atoms with Crippen molar-refractivity contribution in [3.05, 3.63) is 85.7 Å². The summed E-state index contributed by atoms with van der Waals surface area (Å²) in [6.45, 7) is 5.42. The van der Waals surface area contributed by atoms with E-state index < -0.39 is 11.4 Å². The normalized spacial score (nSPS) is 12.5. The number of hydrogen-bond donors (Lipinski definition) is 1. The van der Waals surface area contributed by atoms with Gasteiger partial charge in [0.2, 0.25) is 5.88 Å². The molecule has 0 fully saturated rings. The Bertz CT molecular complexity index is 1490. The summed E-state index contributed by atoms with van der Waals surface area (Å²) < 4.78 is 1.11. The molecule has 34 heavy (non-hydrogen) atoms. The molecule has 0 spiro atoms. The minimum Gasteiger partial charge on any atom is -0.493 e. The molecule has 0 saturated carbocycles. The number of carbonyl (C=O) groups excluding carboxylic acids is 2. The molecule has 1 N–H and O–H groups in total. The van der Waals surface area contributed by atoms with E-state index in [-0.39, 0.29) is 51.7 Å². The van der Waals surface area contributed by atoms with Crippen LogP contribution in [0, 0.1) is 25.2 Å². The number of nitriles is 1. The summed E-state index contributed by atoms with van der Waals surface area (Å²) in [6.07, 6.45) is 1.41. The molecule has 1 aromatic heterocycles. The van der Waals surface area contributed by atoms with Crippen LogP contribution in [0.3, 0.4) is 0 Å². The standard InChI is InChI=1S/C26H22N4O4/c1-4-5-12-30-25(33)19(13-27)15(3)22(26(30)34)29-28-21-14(2)10-11-18-20(21)24(32)17-9-7-6-8-16(17)23(18)31/h6-11,34H,4-5,12H2,1-3H3/b29-28+. The van der Waals surface area contributed by atoms with Crippen molar-refractivity contribution in [1.82, 2.24) is 4.57 Å². The predicted molar refractivity (Wildman–Crippen MR) is 125 cm³/mol. The number of benzene rings is 2. The molecular formula is C26H22N4O4. The number of ketones is 2. The van der Waals surface area contributed by atoms with Crippen LogP contribution < -0.4 is 5.56 Å². The lowest BCUT2D eigenvalue weighted by atomic mass is 9.82. The van der Waals surface area contributed by atoms with Gasteiger partial charge in [-0.15, -0.1) is 10.2 Å². The van der Waals surface area contributed by atoms with Crippen LogP contribution in [0.1, 0.15) is 68.3 Å². The Hall–Kier alpha value is -4.38. The lowest BCUT2D eigenvalue weighted by Gasteiger charge is -2.19. The van der Waals surface area contributed by atoms with Crippen LogP contribution in [-0.2, 0) is 6.54 Å². The largest absolute Gasteiger partial charge is 0.493 e. The van der Waals surface area contributed by atoms with E-state index in [1.165, 1.54) is 6.92 Å². The van der Waals surface area contributed by atoms with E-state index in [4.69, 9.17) is 0 Å². The summed E-state index contributed by atoms with van der Waals surface area (Å²) in [6, 6.07) is 11.8. The fourth-order valence-electron chi connectivity index (χ4n) is 4.08. The second-order valence-electron chi connectivity index (χ2n) is 8.15. The molecule has 1 aliphatic carbocycles. The van der Waals surface area contributed by atoms with Crippen molar-refractivity contribution in [3.8, 4) is 11.9 Å². The van der Waals surface area contributed by atoms with Gasteiger partial charge in [0.25, 0.3) is 5.56 Å². The van der Waals surface area contributed by atoms with Crippen LogP contribution in [0.2, 0.25) is 0 Å². The molecule has 0 saturated heterocycles. The number of pyridine rings is 1. The maximum atomic E-state index is 13.3. The SMILES string of the molecule is CCCCn1c(O)c(/N=N/c2c(C)ccc3c2C(=O)c2ccccc2C3=O)c(C)c(C#N)c1=O. The number of hydrogen-bond acceptors (Lipinski definition) is 7. The number of azo groups is 1. The maximum Gasteiger partial charge on any atom is 0.271 e. The molecule has 8 nitrogen and oxygen atoms in total. The molecule has 1 heterocycles. The molecule has 8 heteroatoms. The Morgan fingerprint density at radius 3 is 2.24 bits per heavy atom. The van der Waals surface area contributed by atoms with Crippen LogP contribution in [0.5, 0.6) is 5.88 Å². The van der Waals surface area contributed by atoms with Gasteiger partial charge in [-0.1, -0.05) is 43.7 Å². The Labute approximate surface area is 195 Å². The number of aromatic hydroxyl groups is 1. The van der Waals surface area contributed by atoms with E-state index in [0.29, 0.717) is 23.1 Å². The van der Waals surface area contributed by atoms with Crippen molar-refractivity contribution in [2.45, 2.75) is 40.2 Å². The van der Waals surface area contributed by atoms with Gasteiger partial charge in [0, 0.05) is 28.8 Å². The quantitative estimate of drug-likeness (QED) is 0.423. The summed E-state index contributed by atoms with van der Waals surface area (Å²) in [7, 11) is 0. The minimum absolute atomic E-state index is 0.0285. The van der Waals surface area contributed by atoms with Gasteiger partial charge < -0.3 is 5.11 Å². The average Bonchev–Trinajstić information content (AvgIpc) is 2.83. The van der Waals surface area contributed by atoms with Crippen molar-refractivity contribution >= 4 is 22.9 Å². The van der Waals surface area contributed by atoms with Gasteiger partial charge in [-0.25, -0.2) is 0 Å². The van der Waals surface area contributed by atoms with E-state index in [1.807, 2.05) is 13.0 Å². The van der Waals surface area contributed by atoms with E-state index in [1.54, 1.807) is 43.3 Å². The Kier molecular flexibility index (Phi) is 5.95. The second-order valence-corrected chi connectivity index (χ2v) is 8.15. The number of nitrogens with zero attached hydrogens (tertiary/aromatic N) is 4. The zero-order valence-electron chi connectivity index (χ0n) is 19.0. The Morgan fingerprint density at radius 2 is 1.59 bits per heavy atom. The zero-order chi connectivity index (χ0) is 24.6. The average molecular weight is 454 g/mol. The fraction of sp³-hybridized carbons (Fsp3) is 0.231. The summed E-state index contributed by atoms with van der Waals surface area (Å²) in [5, 5.41) is 28.7. The first-order chi connectivity index (χ1) is 16.3. The zero-order valence-corrected chi connectivity index (χ0v) is 19.0. The number of fused-ring (bicyclic) bond motifs is 2. The van der Waals surface area contributed by atoms with Gasteiger partial charge in [0.15, 0.2) is 17.3 Å². The predicted octanol–water partition coefficient (Wildman–Crippen LogP) is 5.03. The van der Waals surface area contributed by atoms with E-state index >= 15 is 0 Å². The van der Waals surface area contributed by atoms with Crippen LogP contribution in [0.25, 0.3) is 0 Å². The third-order valence-electron chi connectivity index (χ3n) is 6.02. The highest BCUT2D eigenvalue weighted by Crippen LogP contribution is 2.38. The molecule has 0 amide bonds. The van der Waals surface area contributed by atoms with E-state index in [9.17, 15) is 24.8 Å². The van der Waals surface area contributed by atoms with Crippen LogP contribution in [0.4, 0.5) is 11.4 Å². The number of unbranched alkanes of at least 4 members (excludes halogenated alkanes) is 1. The third-order valence-corrected chi connectivity index (χ3v) is 6.02. The first-order valence-electron chi connectivity index (χ1n) is 10.9. The van der Waals surface area contributed by atoms with Crippen LogP contribution >= 0.6 is 0 Å². The Balaban J connectivity index is 1.90. The molecule has 170 valence electrons. The molecule has 1 aliphatic rings.